The summed E-state index contributed by atoms with van der Waals surface area (Å²) in [6, 6.07) is 4.04. The minimum atomic E-state index is -5.39. The van der Waals surface area contributed by atoms with Gasteiger partial charge in [0.2, 0.25) is 0 Å². The first kappa shape index (κ1) is 9.81. The summed E-state index contributed by atoms with van der Waals surface area (Å²) >= 11 is 1.71. The van der Waals surface area contributed by atoms with Gasteiger partial charge in [-0.2, -0.15) is 19.2 Å². The Labute approximate surface area is 62.0 Å². The second kappa shape index (κ2) is 4.60. The highest BCUT2D eigenvalue weighted by Gasteiger charge is 1.58. The summed E-state index contributed by atoms with van der Waals surface area (Å²) in [7, 11) is -5.39. The van der Waals surface area contributed by atoms with E-state index in [1.807, 2.05) is 22.9 Å². The maximum atomic E-state index is 8.55. The number of rotatable bonds is 0. The molecule has 0 atom stereocenters. The smallest absolute Gasteiger partial charge is 0.00934 e. The van der Waals surface area contributed by atoms with E-state index in [0.29, 0.717) is 0 Å². The molecule has 1 rings (SSSR count). The van der Waals surface area contributed by atoms with Crippen molar-refractivity contribution in [2.75, 3.05) is 0 Å². The Morgan fingerprint density at radius 1 is 1.10 bits per heavy atom. The summed E-state index contributed by atoms with van der Waals surface area (Å²) in [6.45, 7) is 0. The van der Waals surface area contributed by atoms with Crippen LogP contribution in [0.15, 0.2) is 22.9 Å². The molecule has 0 aliphatic heterocycles. The van der Waals surface area contributed by atoms with Gasteiger partial charge in [-0.25, -0.2) is 0 Å². The van der Waals surface area contributed by atoms with E-state index in [1.54, 1.807) is 11.3 Å². The Morgan fingerprint density at radius 2 is 1.40 bits per heavy atom. The zero-order valence-electron chi connectivity index (χ0n) is 4.80. The summed E-state index contributed by atoms with van der Waals surface area (Å²) in [5, 5.41) is 4.08. The number of thiophene rings is 1. The van der Waals surface area contributed by atoms with E-state index in [9.17, 15) is 0 Å². The molecule has 1 heterocycles. The van der Waals surface area contributed by atoms with Crippen molar-refractivity contribution in [3.8, 4) is 0 Å². The van der Waals surface area contributed by atoms with Crippen LogP contribution in [0.3, 0.4) is 0 Å². The van der Waals surface area contributed by atoms with E-state index < -0.39 is 7.82 Å². The van der Waals surface area contributed by atoms with Crippen LogP contribution in [-0.2, 0) is 4.57 Å². The molecule has 0 aliphatic carbocycles. The molecular weight excluding hydrogens is 175 g/mol. The number of phosphoric acid groups is 1. The van der Waals surface area contributed by atoms with Crippen LogP contribution >= 0.6 is 19.2 Å². The average Bonchev–Trinajstić information content (AvgIpc) is 2.07. The van der Waals surface area contributed by atoms with Gasteiger partial charge in [-0.05, 0) is 10.8 Å². The summed E-state index contributed by atoms with van der Waals surface area (Å²) in [6.07, 6.45) is 0. The third-order valence-electron chi connectivity index (χ3n) is 0.425. The van der Waals surface area contributed by atoms with Crippen molar-refractivity contribution in [1.29, 1.82) is 0 Å². The summed E-state index contributed by atoms with van der Waals surface area (Å²) in [4.78, 5) is 25.6. The van der Waals surface area contributed by atoms with Gasteiger partial charge in [-0.1, -0.05) is 12.1 Å². The first-order chi connectivity index (χ1) is 4.50. The standard InChI is InChI=1S/C4H4S.H3O4P/c1-2-4-5-3-1;1-5(2,3)4/h1-4H;(H3,1,2,3,4)/p-3. The summed E-state index contributed by atoms with van der Waals surface area (Å²) in [5.41, 5.74) is 0. The molecule has 0 radical (unpaired) electrons. The molecule has 0 aromatic carbocycles. The minimum absolute atomic E-state index is 1.71. The molecule has 0 spiro atoms. The summed E-state index contributed by atoms with van der Waals surface area (Å²) < 4.78 is 8.55. The molecule has 0 saturated carbocycles. The van der Waals surface area contributed by atoms with Gasteiger partial charge in [0.1, 0.15) is 0 Å². The highest BCUT2D eigenvalue weighted by atomic mass is 32.1. The minimum Gasteiger partial charge on any atom is -0.822 e. The Morgan fingerprint density at radius 3 is 1.50 bits per heavy atom. The van der Waals surface area contributed by atoms with Crippen LogP contribution in [0.25, 0.3) is 0 Å². The van der Waals surface area contributed by atoms with Crippen molar-refractivity contribution in [3.63, 3.8) is 0 Å². The molecule has 0 unspecified atom stereocenters. The molecule has 4 nitrogen and oxygen atoms in total. The molecule has 1 aromatic heterocycles. The fourth-order valence-corrected chi connectivity index (χ4v) is 0.680. The van der Waals surface area contributed by atoms with Crippen molar-refractivity contribution in [2.24, 2.45) is 0 Å². The highest BCUT2D eigenvalue weighted by molar-refractivity contribution is 7.40. The van der Waals surface area contributed by atoms with Crippen LogP contribution < -0.4 is 14.7 Å². The molecule has 0 amide bonds. The van der Waals surface area contributed by atoms with E-state index in [4.69, 9.17) is 19.2 Å². The molecule has 6 heteroatoms. The van der Waals surface area contributed by atoms with Crippen LogP contribution in [0.2, 0.25) is 0 Å². The molecular formula is C4H4O4PS-3. The van der Waals surface area contributed by atoms with Crippen molar-refractivity contribution < 1.29 is 19.2 Å². The third kappa shape index (κ3) is 15.7. The van der Waals surface area contributed by atoms with Gasteiger partial charge in [0, 0.05) is 0 Å². The lowest BCUT2D eigenvalue weighted by Crippen LogP contribution is -2.24. The molecule has 0 aliphatic rings. The van der Waals surface area contributed by atoms with Crippen LogP contribution in [0.1, 0.15) is 0 Å². The third-order valence-corrected chi connectivity index (χ3v) is 1.05. The highest BCUT2D eigenvalue weighted by Crippen LogP contribution is 2.03. The Hall–Kier alpha value is -0.190. The van der Waals surface area contributed by atoms with Crippen LogP contribution in [0.4, 0.5) is 0 Å². The van der Waals surface area contributed by atoms with E-state index in [-0.39, 0.29) is 0 Å². The van der Waals surface area contributed by atoms with Gasteiger partial charge in [0.25, 0.3) is 0 Å². The quantitative estimate of drug-likeness (QED) is 0.474. The Kier molecular flexibility index (Phi) is 4.51. The zero-order chi connectivity index (χ0) is 8.04. The predicted molar refractivity (Wildman–Crippen MR) is 31.9 cm³/mol. The van der Waals surface area contributed by atoms with Gasteiger partial charge < -0.3 is 19.2 Å². The fourth-order valence-electron chi connectivity index (χ4n) is 0.227. The SMILES string of the molecule is O=P([O-])([O-])[O-].c1ccsc1. The molecule has 0 saturated heterocycles. The molecule has 58 valence electrons. The van der Waals surface area contributed by atoms with Gasteiger partial charge >= 0.3 is 0 Å². The van der Waals surface area contributed by atoms with Crippen molar-refractivity contribution in [2.45, 2.75) is 0 Å². The lowest BCUT2D eigenvalue weighted by molar-refractivity contribution is -0.432. The Bertz CT molecular complexity index is 166. The average molecular weight is 179 g/mol. The second-order valence-electron chi connectivity index (χ2n) is 1.24. The van der Waals surface area contributed by atoms with E-state index in [1.165, 1.54) is 0 Å². The second-order valence-corrected chi connectivity index (χ2v) is 2.95. The zero-order valence-corrected chi connectivity index (χ0v) is 6.51. The van der Waals surface area contributed by atoms with Gasteiger partial charge in [0.05, 0.1) is 0 Å². The van der Waals surface area contributed by atoms with Crippen LogP contribution in [0.5, 0.6) is 0 Å². The maximum absolute atomic E-state index is 8.55. The van der Waals surface area contributed by atoms with Crippen molar-refractivity contribution in [1.82, 2.24) is 0 Å². The molecule has 1 aromatic rings. The first-order valence-electron chi connectivity index (χ1n) is 2.20. The monoisotopic (exact) mass is 179 g/mol. The maximum Gasteiger partial charge on any atom is -0.00934 e. The van der Waals surface area contributed by atoms with Gasteiger partial charge in [0.15, 0.2) is 0 Å². The predicted octanol–water partition coefficient (Wildman–Crippen LogP) is -1.08. The molecule has 0 N–H and O–H groups in total. The van der Waals surface area contributed by atoms with Gasteiger partial charge in [-0.15, -0.1) is 0 Å². The topological polar surface area (TPSA) is 86.2 Å². The van der Waals surface area contributed by atoms with Crippen molar-refractivity contribution >= 4 is 19.2 Å². The largest absolute Gasteiger partial charge is 0.822 e. The van der Waals surface area contributed by atoms with Crippen LogP contribution in [0, 0.1) is 0 Å². The van der Waals surface area contributed by atoms with E-state index in [0.717, 1.165) is 0 Å². The number of hydrogen-bond donors (Lipinski definition) is 0. The molecule has 10 heavy (non-hydrogen) atoms. The lowest BCUT2D eigenvalue weighted by Gasteiger charge is -2.36. The molecule has 0 bridgehead atoms. The van der Waals surface area contributed by atoms with Crippen molar-refractivity contribution in [3.05, 3.63) is 22.9 Å². The normalized spacial score (nSPS) is 9.90. The van der Waals surface area contributed by atoms with E-state index >= 15 is 0 Å². The van der Waals surface area contributed by atoms with Crippen LogP contribution in [-0.4, -0.2) is 0 Å². The van der Waals surface area contributed by atoms with Gasteiger partial charge in [-0.3, -0.25) is 0 Å². The first-order valence-corrected chi connectivity index (χ1v) is 4.61. The summed E-state index contributed by atoms with van der Waals surface area (Å²) in [5.74, 6) is 0. The fraction of sp³-hybridized carbons (Fsp3) is 0. The number of hydrogen-bond acceptors (Lipinski definition) is 5. The molecule has 0 fully saturated rings. The van der Waals surface area contributed by atoms with E-state index in [2.05, 4.69) is 0 Å². The lowest BCUT2D eigenvalue weighted by atomic mass is 10.7. The Balaban J connectivity index is 0.000000162.